The number of aliphatic hydroxyl groups is 1. The van der Waals surface area contributed by atoms with Crippen LogP contribution in [0.1, 0.15) is 24.0 Å². The number of rotatable bonds is 9. The second kappa shape index (κ2) is 11.0. The molecule has 1 saturated heterocycles. The lowest BCUT2D eigenvalue weighted by atomic mass is 10.1. The zero-order chi connectivity index (χ0) is 18.7. The van der Waals surface area contributed by atoms with Gasteiger partial charge in [0.05, 0.1) is 0 Å². The molecule has 144 valence electrons. The van der Waals surface area contributed by atoms with Gasteiger partial charge in [-0.2, -0.15) is 0 Å². The van der Waals surface area contributed by atoms with E-state index in [1.807, 2.05) is 6.07 Å². The average molecular weight is 365 g/mol. The van der Waals surface area contributed by atoms with Crippen LogP contribution in [0.5, 0.6) is 0 Å². The normalized spacial score (nSPS) is 18.9. The van der Waals surface area contributed by atoms with E-state index in [0.717, 1.165) is 45.6 Å². The van der Waals surface area contributed by atoms with E-state index in [1.54, 1.807) is 0 Å². The van der Waals surface area contributed by atoms with Crippen LogP contribution in [0.15, 0.2) is 66.7 Å². The van der Waals surface area contributed by atoms with E-state index >= 15 is 0 Å². The van der Waals surface area contributed by atoms with Crippen molar-refractivity contribution < 1.29 is 5.11 Å². The van der Waals surface area contributed by atoms with Crippen LogP contribution < -0.4 is 0 Å². The van der Waals surface area contributed by atoms with E-state index in [9.17, 15) is 5.11 Å². The number of nitrogens with zero attached hydrogens (tertiary/aromatic N) is 2. The summed E-state index contributed by atoms with van der Waals surface area (Å²) in [5, 5.41) is 9.49. The molecule has 3 nitrogen and oxygen atoms in total. The van der Waals surface area contributed by atoms with Gasteiger partial charge in [-0.25, -0.2) is 0 Å². The fourth-order valence-electron chi connectivity index (χ4n) is 3.87. The SMILES string of the molecule is OCCC1CN(CC=Cc2ccccc2)CCN1CCCc1ccccc1. The Morgan fingerprint density at radius 3 is 2.44 bits per heavy atom. The fourth-order valence-corrected chi connectivity index (χ4v) is 3.87. The number of piperazine rings is 1. The van der Waals surface area contributed by atoms with Gasteiger partial charge in [0.1, 0.15) is 0 Å². The summed E-state index contributed by atoms with van der Waals surface area (Å²) in [5.74, 6) is 0. The first-order valence-corrected chi connectivity index (χ1v) is 10.2. The van der Waals surface area contributed by atoms with Gasteiger partial charge in [0.25, 0.3) is 0 Å². The molecule has 0 aliphatic carbocycles. The van der Waals surface area contributed by atoms with Crippen molar-refractivity contribution in [3.63, 3.8) is 0 Å². The average Bonchev–Trinajstić information content (AvgIpc) is 2.71. The molecule has 1 aliphatic heterocycles. The largest absolute Gasteiger partial charge is 0.396 e. The second-order valence-corrected chi connectivity index (χ2v) is 7.36. The Morgan fingerprint density at radius 2 is 1.70 bits per heavy atom. The van der Waals surface area contributed by atoms with Gasteiger partial charge in [-0.1, -0.05) is 72.8 Å². The van der Waals surface area contributed by atoms with Gasteiger partial charge >= 0.3 is 0 Å². The van der Waals surface area contributed by atoms with Gasteiger partial charge < -0.3 is 5.11 Å². The number of benzene rings is 2. The highest BCUT2D eigenvalue weighted by Crippen LogP contribution is 2.15. The molecular formula is C24H32N2O. The maximum absolute atomic E-state index is 9.49. The summed E-state index contributed by atoms with van der Waals surface area (Å²) in [7, 11) is 0. The third kappa shape index (κ3) is 6.62. The quantitative estimate of drug-likeness (QED) is 0.735. The Bertz CT molecular complexity index is 671. The first-order valence-electron chi connectivity index (χ1n) is 10.2. The van der Waals surface area contributed by atoms with Gasteiger partial charge in [0.15, 0.2) is 0 Å². The van der Waals surface area contributed by atoms with Gasteiger partial charge in [0.2, 0.25) is 0 Å². The highest BCUT2D eigenvalue weighted by atomic mass is 16.3. The van der Waals surface area contributed by atoms with Crippen molar-refractivity contribution in [1.29, 1.82) is 0 Å². The minimum absolute atomic E-state index is 0.271. The monoisotopic (exact) mass is 364 g/mol. The third-order valence-corrected chi connectivity index (χ3v) is 5.38. The van der Waals surface area contributed by atoms with Crippen molar-refractivity contribution in [1.82, 2.24) is 9.80 Å². The summed E-state index contributed by atoms with van der Waals surface area (Å²) in [4.78, 5) is 5.09. The van der Waals surface area contributed by atoms with Crippen molar-refractivity contribution in [2.24, 2.45) is 0 Å². The van der Waals surface area contributed by atoms with E-state index in [0.29, 0.717) is 6.04 Å². The van der Waals surface area contributed by atoms with Gasteiger partial charge in [-0.05, 0) is 36.9 Å². The number of aryl methyl sites for hydroxylation is 1. The summed E-state index contributed by atoms with van der Waals surface area (Å²) >= 11 is 0. The van der Waals surface area contributed by atoms with Gasteiger partial charge in [-0.3, -0.25) is 9.80 Å². The molecule has 2 aromatic rings. The number of aliphatic hydroxyl groups excluding tert-OH is 1. The lowest BCUT2D eigenvalue weighted by Gasteiger charge is -2.41. The maximum Gasteiger partial charge on any atom is 0.0446 e. The van der Waals surface area contributed by atoms with Crippen LogP contribution in [0.2, 0.25) is 0 Å². The molecule has 27 heavy (non-hydrogen) atoms. The lowest BCUT2D eigenvalue weighted by Crippen LogP contribution is -2.53. The molecular weight excluding hydrogens is 332 g/mol. The Labute approximate surface area is 163 Å². The van der Waals surface area contributed by atoms with Crippen molar-refractivity contribution in [2.75, 3.05) is 39.3 Å². The van der Waals surface area contributed by atoms with Crippen LogP contribution in [0, 0.1) is 0 Å². The van der Waals surface area contributed by atoms with Gasteiger partial charge in [0, 0.05) is 38.8 Å². The smallest absolute Gasteiger partial charge is 0.0446 e. The third-order valence-electron chi connectivity index (χ3n) is 5.38. The molecule has 0 radical (unpaired) electrons. The summed E-state index contributed by atoms with van der Waals surface area (Å²) in [6.45, 7) is 5.62. The number of hydrogen-bond donors (Lipinski definition) is 1. The summed E-state index contributed by atoms with van der Waals surface area (Å²) in [6, 6.07) is 21.7. The molecule has 0 aromatic heterocycles. The molecule has 1 aliphatic rings. The van der Waals surface area contributed by atoms with E-state index in [1.165, 1.54) is 17.5 Å². The second-order valence-electron chi connectivity index (χ2n) is 7.36. The minimum atomic E-state index is 0.271. The van der Waals surface area contributed by atoms with Crippen molar-refractivity contribution in [3.05, 3.63) is 77.9 Å². The molecule has 1 N–H and O–H groups in total. The lowest BCUT2D eigenvalue weighted by molar-refractivity contribution is 0.0646. The van der Waals surface area contributed by atoms with Crippen LogP contribution in [0.4, 0.5) is 0 Å². The highest BCUT2D eigenvalue weighted by molar-refractivity contribution is 5.48. The van der Waals surface area contributed by atoms with E-state index in [-0.39, 0.29) is 6.61 Å². The molecule has 0 bridgehead atoms. The Balaban J connectivity index is 1.45. The molecule has 0 amide bonds. The molecule has 1 heterocycles. The zero-order valence-electron chi connectivity index (χ0n) is 16.2. The Morgan fingerprint density at radius 1 is 0.963 bits per heavy atom. The fraction of sp³-hybridized carbons (Fsp3) is 0.417. The highest BCUT2D eigenvalue weighted by Gasteiger charge is 2.25. The minimum Gasteiger partial charge on any atom is -0.396 e. The van der Waals surface area contributed by atoms with Crippen molar-refractivity contribution in [3.8, 4) is 0 Å². The first kappa shape index (κ1) is 19.8. The van der Waals surface area contributed by atoms with E-state index in [2.05, 4.69) is 76.5 Å². The molecule has 3 rings (SSSR count). The van der Waals surface area contributed by atoms with Crippen LogP contribution in [-0.4, -0.2) is 60.3 Å². The van der Waals surface area contributed by atoms with Crippen LogP contribution in [0.3, 0.4) is 0 Å². The van der Waals surface area contributed by atoms with Gasteiger partial charge in [-0.15, -0.1) is 0 Å². The van der Waals surface area contributed by atoms with E-state index in [4.69, 9.17) is 0 Å². The topological polar surface area (TPSA) is 26.7 Å². The molecule has 3 heteroatoms. The molecule has 0 saturated carbocycles. The van der Waals surface area contributed by atoms with Crippen LogP contribution in [-0.2, 0) is 6.42 Å². The molecule has 2 aromatic carbocycles. The predicted molar refractivity (Wildman–Crippen MR) is 114 cm³/mol. The first-order chi connectivity index (χ1) is 13.3. The van der Waals surface area contributed by atoms with Crippen molar-refractivity contribution >= 4 is 6.08 Å². The standard InChI is InChI=1S/C24H32N2O/c27-20-15-24-21-25(16-7-13-22-9-3-1-4-10-22)18-19-26(24)17-8-14-23-11-5-2-6-12-23/h1-7,9-13,24,27H,8,14-21H2. The van der Waals surface area contributed by atoms with Crippen molar-refractivity contribution in [2.45, 2.75) is 25.3 Å². The molecule has 0 spiro atoms. The zero-order valence-corrected chi connectivity index (χ0v) is 16.2. The van der Waals surface area contributed by atoms with Crippen LogP contribution in [0.25, 0.3) is 6.08 Å². The predicted octanol–water partition coefficient (Wildman–Crippen LogP) is 3.70. The Hall–Kier alpha value is -1.94. The van der Waals surface area contributed by atoms with E-state index < -0.39 is 0 Å². The summed E-state index contributed by atoms with van der Waals surface area (Å²) < 4.78 is 0. The molecule has 1 unspecified atom stereocenters. The summed E-state index contributed by atoms with van der Waals surface area (Å²) in [5.41, 5.74) is 2.67. The van der Waals surface area contributed by atoms with Crippen LogP contribution >= 0.6 is 0 Å². The number of hydrogen-bond acceptors (Lipinski definition) is 3. The summed E-state index contributed by atoms with van der Waals surface area (Å²) in [6.07, 6.45) is 7.64. The molecule has 1 fully saturated rings. The Kier molecular flexibility index (Phi) is 8.09. The molecule has 1 atom stereocenters. The maximum atomic E-state index is 9.49.